The first kappa shape index (κ1) is 17.9. The standard InChI is InChI=1S/C16H36N2/c1-8-16(9-2,18(11-4)12-5)15(17-10-3)13-14(6)7/h14-15,17H,8-13H2,1-7H3. The van der Waals surface area contributed by atoms with Crippen molar-refractivity contribution in [3.63, 3.8) is 0 Å². The lowest BCUT2D eigenvalue weighted by Crippen LogP contribution is -2.61. The quantitative estimate of drug-likeness (QED) is 0.637. The molecule has 0 fully saturated rings. The summed E-state index contributed by atoms with van der Waals surface area (Å²) in [4.78, 5) is 2.67. The second kappa shape index (κ2) is 8.92. The highest BCUT2D eigenvalue weighted by Crippen LogP contribution is 2.31. The zero-order valence-corrected chi connectivity index (χ0v) is 13.8. The zero-order chi connectivity index (χ0) is 14.2. The van der Waals surface area contributed by atoms with E-state index in [1.165, 1.54) is 19.3 Å². The predicted octanol–water partition coefficient (Wildman–Crippen LogP) is 3.91. The largest absolute Gasteiger partial charge is 0.312 e. The van der Waals surface area contributed by atoms with Gasteiger partial charge in [0.05, 0.1) is 0 Å². The summed E-state index contributed by atoms with van der Waals surface area (Å²) in [5.74, 6) is 0.752. The number of rotatable bonds is 10. The van der Waals surface area contributed by atoms with Gasteiger partial charge in [-0.1, -0.05) is 48.5 Å². The van der Waals surface area contributed by atoms with Gasteiger partial charge in [-0.15, -0.1) is 0 Å². The molecule has 0 amide bonds. The molecular formula is C16H36N2. The Bertz CT molecular complexity index is 193. The van der Waals surface area contributed by atoms with E-state index in [2.05, 4.69) is 58.7 Å². The van der Waals surface area contributed by atoms with Crippen molar-refractivity contribution >= 4 is 0 Å². The highest BCUT2D eigenvalue weighted by molar-refractivity contribution is 4.98. The van der Waals surface area contributed by atoms with Crippen LogP contribution in [0.25, 0.3) is 0 Å². The molecular weight excluding hydrogens is 220 g/mol. The third-order valence-electron chi connectivity index (χ3n) is 4.42. The van der Waals surface area contributed by atoms with E-state index < -0.39 is 0 Å². The fourth-order valence-corrected chi connectivity index (χ4v) is 3.47. The van der Waals surface area contributed by atoms with Crippen LogP contribution < -0.4 is 5.32 Å². The molecule has 1 unspecified atom stereocenters. The molecule has 18 heavy (non-hydrogen) atoms. The van der Waals surface area contributed by atoms with Gasteiger partial charge in [-0.05, 0) is 44.8 Å². The Morgan fingerprint density at radius 1 is 0.944 bits per heavy atom. The molecule has 2 heteroatoms. The molecule has 0 aromatic rings. The Morgan fingerprint density at radius 3 is 1.72 bits per heavy atom. The Hall–Kier alpha value is -0.0800. The second-order valence-electron chi connectivity index (χ2n) is 5.72. The van der Waals surface area contributed by atoms with E-state index in [-0.39, 0.29) is 0 Å². The van der Waals surface area contributed by atoms with Gasteiger partial charge in [0.2, 0.25) is 0 Å². The highest BCUT2D eigenvalue weighted by Gasteiger charge is 2.39. The summed E-state index contributed by atoms with van der Waals surface area (Å²) < 4.78 is 0. The number of likely N-dealkylation sites (N-methyl/N-ethyl adjacent to an activating group) is 2. The van der Waals surface area contributed by atoms with Crippen LogP contribution in [0, 0.1) is 5.92 Å². The molecule has 0 saturated carbocycles. The van der Waals surface area contributed by atoms with Crippen molar-refractivity contribution in [3.8, 4) is 0 Å². The molecule has 1 atom stereocenters. The van der Waals surface area contributed by atoms with Crippen LogP contribution in [-0.2, 0) is 0 Å². The van der Waals surface area contributed by atoms with Gasteiger partial charge in [0, 0.05) is 11.6 Å². The van der Waals surface area contributed by atoms with Gasteiger partial charge in [0.1, 0.15) is 0 Å². The minimum absolute atomic E-state index is 0.323. The summed E-state index contributed by atoms with van der Waals surface area (Å²) in [7, 11) is 0. The smallest absolute Gasteiger partial charge is 0.0357 e. The summed E-state index contributed by atoms with van der Waals surface area (Å²) in [5.41, 5.74) is 0.323. The molecule has 0 aliphatic heterocycles. The number of nitrogens with zero attached hydrogens (tertiary/aromatic N) is 1. The Morgan fingerprint density at radius 2 is 1.44 bits per heavy atom. The van der Waals surface area contributed by atoms with Crippen molar-refractivity contribution < 1.29 is 0 Å². The van der Waals surface area contributed by atoms with Crippen LogP contribution in [0.4, 0.5) is 0 Å². The SMILES string of the molecule is CCNC(CC(C)C)C(CC)(CC)N(CC)CC. The monoisotopic (exact) mass is 256 g/mol. The maximum absolute atomic E-state index is 3.76. The van der Waals surface area contributed by atoms with Crippen molar-refractivity contribution in [2.75, 3.05) is 19.6 Å². The van der Waals surface area contributed by atoms with Gasteiger partial charge in [-0.25, -0.2) is 0 Å². The molecule has 0 aliphatic carbocycles. The maximum Gasteiger partial charge on any atom is 0.0357 e. The first-order chi connectivity index (χ1) is 8.52. The molecule has 0 aliphatic rings. The summed E-state index contributed by atoms with van der Waals surface area (Å²) in [6.07, 6.45) is 3.73. The lowest BCUT2D eigenvalue weighted by Gasteiger charge is -2.49. The van der Waals surface area contributed by atoms with E-state index in [9.17, 15) is 0 Å². The van der Waals surface area contributed by atoms with Gasteiger partial charge in [-0.2, -0.15) is 0 Å². The Labute approximate surface area is 116 Å². The van der Waals surface area contributed by atoms with Gasteiger partial charge >= 0.3 is 0 Å². The third-order valence-corrected chi connectivity index (χ3v) is 4.42. The summed E-state index contributed by atoms with van der Waals surface area (Å²) in [6.45, 7) is 19.6. The van der Waals surface area contributed by atoms with E-state index >= 15 is 0 Å². The number of nitrogens with one attached hydrogen (secondary N) is 1. The molecule has 0 aromatic carbocycles. The van der Waals surface area contributed by atoms with Gasteiger partial charge < -0.3 is 5.32 Å². The first-order valence-electron chi connectivity index (χ1n) is 8.00. The van der Waals surface area contributed by atoms with Crippen LogP contribution >= 0.6 is 0 Å². The number of hydrogen-bond acceptors (Lipinski definition) is 2. The Balaban J connectivity index is 5.20. The van der Waals surface area contributed by atoms with E-state index in [1.54, 1.807) is 0 Å². The van der Waals surface area contributed by atoms with Crippen molar-refractivity contribution in [1.82, 2.24) is 10.2 Å². The minimum Gasteiger partial charge on any atom is -0.312 e. The zero-order valence-electron chi connectivity index (χ0n) is 13.8. The lowest BCUT2D eigenvalue weighted by molar-refractivity contribution is 0.0422. The molecule has 0 heterocycles. The van der Waals surface area contributed by atoms with Crippen molar-refractivity contribution in [2.45, 2.75) is 79.3 Å². The van der Waals surface area contributed by atoms with Crippen LogP contribution in [0.1, 0.15) is 67.7 Å². The molecule has 0 spiro atoms. The maximum atomic E-state index is 3.76. The average molecular weight is 256 g/mol. The van der Waals surface area contributed by atoms with Crippen LogP contribution in [0.5, 0.6) is 0 Å². The van der Waals surface area contributed by atoms with E-state index in [0.29, 0.717) is 11.6 Å². The Kier molecular flexibility index (Phi) is 8.89. The normalized spacial score (nSPS) is 14.5. The van der Waals surface area contributed by atoms with Crippen LogP contribution in [0.15, 0.2) is 0 Å². The van der Waals surface area contributed by atoms with Crippen LogP contribution in [0.3, 0.4) is 0 Å². The third kappa shape index (κ3) is 4.24. The first-order valence-corrected chi connectivity index (χ1v) is 8.00. The molecule has 2 nitrogen and oxygen atoms in total. The molecule has 0 bridgehead atoms. The van der Waals surface area contributed by atoms with E-state index in [4.69, 9.17) is 0 Å². The summed E-state index contributed by atoms with van der Waals surface area (Å²) >= 11 is 0. The fraction of sp³-hybridized carbons (Fsp3) is 1.00. The molecule has 110 valence electrons. The van der Waals surface area contributed by atoms with Crippen LogP contribution in [-0.4, -0.2) is 36.1 Å². The average Bonchev–Trinajstić information content (AvgIpc) is 2.35. The van der Waals surface area contributed by atoms with Crippen molar-refractivity contribution in [2.24, 2.45) is 5.92 Å². The fourth-order valence-electron chi connectivity index (χ4n) is 3.47. The highest BCUT2D eigenvalue weighted by atomic mass is 15.2. The predicted molar refractivity (Wildman–Crippen MR) is 83.2 cm³/mol. The van der Waals surface area contributed by atoms with E-state index in [1.807, 2.05) is 0 Å². The molecule has 0 rings (SSSR count). The van der Waals surface area contributed by atoms with Crippen molar-refractivity contribution in [3.05, 3.63) is 0 Å². The van der Waals surface area contributed by atoms with Gasteiger partial charge in [0.25, 0.3) is 0 Å². The number of hydrogen-bond donors (Lipinski definition) is 1. The van der Waals surface area contributed by atoms with Crippen molar-refractivity contribution in [1.29, 1.82) is 0 Å². The summed E-state index contributed by atoms with van der Waals surface area (Å²) in [5, 5.41) is 3.76. The van der Waals surface area contributed by atoms with Crippen LogP contribution in [0.2, 0.25) is 0 Å². The lowest BCUT2D eigenvalue weighted by atomic mass is 9.78. The molecule has 0 radical (unpaired) electrons. The molecule has 0 saturated heterocycles. The van der Waals surface area contributed by atoms with Gasteiger partial charge in [-0.3, -0.25) is 4.90 Å². The summed E-state index contributed by atoms with van der Waals surface area (Å²) in [6, 6.07) is 0.609. The molecule has 1 N–H and O–H groups in total. The topological polar surface area (TPSA) is 15.3 Å². The second-order valence-corrected chi connectivity index (χ2v) is 5.72. The molecule has 0 aromatic heterocycles. The minimum atomic E-state index is 0.323. The van der Waals surface area contributed by atoms with E-state index in [0.717, 1.165) is 25.6 Å². The van der Waals surface area contributed by atoms with Gasteiger partial charge in [0.15, 0.2) is 0 Å².